The number of benzene rings is 1. The summed E-state index contributed by atoms with van der Waals surface area (Å²) in [5, 5.41) is 0. The molecule has 1 saturated heterocycles. The minimum absolute atomic E-state index is 0. The molecule has 1 fully saturated rings. The zero-order valence-electron chi connectivity index (χ0n) is 17.3. The van der Waals surface area contributed by atoms with E-state index in [1.807, 2.05) is 0 Å². The number of likely N-dealkylation sites (tertiary alicyclic amines) is 1. The van der Waals surface area contributed by atoms with E-state index >= 15 is 0 Å². The van der Waals surface area contributed by atoms with Crippen LogP contribution in [-0.2, 0) is 11.0 Å². The molecule has 0 aliphatic carbocycles. The number of nitrogens with zero attached hydrogens (tertiary/aromatic N) is 2. The largest absolute Gasteiger partial charge is 0.416 e. The lowest BCUT2D eigenvalue weighted by Crippen LogP contribution is -2.38. The SMILES string of the molecule is CC(=O)CN1CCC(CCN2CC=C(c3cccc(C(F)(F)F)c3)CC2)CC1.Cl.Cl. The monoisotopic (exact) mass is 466 g/mol. The standard InChI is InChI=1S/C22H29F3N2O.2ClH/c1-17(28)16-27-11-6-18(7-12-27)5-10-26-13-8-19(9-14-26)20-3-2-4-21(15-20)22(23,24)25;;/h2-4,8,15,18H,5-7,9-14,16H2,1H3;2*1H. The highest BCUT2D eigenvalue weighted by Crippen LogP contribution is 2.32. The number of hydrogen-bond acceptors (Lipinski definition) is 3. The normalized spacial score (nSPS) is 18.9. The van der Waals surface area contributed by atoms with Gasteiger partial charge in [0.15, 0.2) is 0 Å². The van der Waals surface area contributed by atoms with Gasteiger partial charge >= 0.3 is 6.18 Å². The van der Waals surface area contributed by atoms with Crippen LogP contribution in [0.1, 0.15) is 43.7 Å². The quantitative estimate of drug-likeness (QED) is 0.565. The Morgan fingerprint density at radius 3 is 2.37 bits per heavy atom. The van der Waals surface area contributed by atoms with E-state index in [0.29, 0.717) is 18.0 Å². The fourth-order valence-electron chi connectivity index (χ4n) is 4.19. The molecular formula is C22H31Cl2F3N2O. The second kappa shape index (κ2) is 12.1. The number of piperidine rings is 1. The Labute approximate surface area is 189 Å². The molecule has 0 N–H and O–H groups in total. The first-order valence-electron chi connectivity index (χ1n) is 10.1. The number of carbonyl (C=O) groups excluding carboxylic acids is 1. The van der Waals surface area contributed by atoms with E-state index in [1.54, 1.807) is 13.0 Å². The highest BCUT2D eigenvalue weighted by atomic mass is 35.5. The van der Waals surface area contributed by atoms with E-state index in [-0.39, 0.29) is 30.6 Å². The molecule has 3 nitrogen and oxygen atoms in total. The van der Waals surface area contributed by atoms with Gasteiger partial charge in [0.1, 0.15) is 5.78 Å². The molecular weight excluding hydrogens is 436 g/mol. The number of rotatable bonds is 6. The molecule has 2 aliphatic rings. The van der Waals surface area contributed by atoms with Crippen LogP contribution in [0.5, 0.6) is 0 Å². The first-order valence-corrected chi connectivity index (χ1v) is 10.1. The van der Waals surface area contributed by atoms with Crippen LogP contribution < -0.4 is 0 Å². The summed E-state index contributed by atoms with van der Waals surface area (Å²) in [5.74, 6) is 0.937. The van der Waals surface area contributed by atoms with Crippen molar-refractivity contribution in [2.75, 3.05) is 39.3 Å². The van der Waals surface area contributed by atoms with Gasteiger partial charge in [-0.3, -0.25) is 14.6 Å². The van der Waals surface area contributed by atoms with Crippen molar-refractivity contribution < 1.29 is 18.0 Å². The molecule has 2 heterocycles. The summed E-state index contributed by atoms with van der Waals surface area (Å²) in [7, 11) is 0. The molecule has 0 saturated carbocycles. The molecule has 30 heavy (non-hydrogen) atoms. The topological polar surface area (TPSA) is 23.6 Å². The van der Waals surface area contributed by atoms with Crippen LogP contribution in [0, 0.1) is 5.92 Å². The van der Waals surface area contributed by atoms with Crippen molar-refractivity contribution in [1.82, 2.24) is 9.80 Å². The minimum atomic E-state index is -4.29. The molecule has 0 bridgehead atoms. The van der Waals surface area contributed by atoms with Crippen LogP contribution in [0.2, 0.25) is 0 Å². The molecule has 170 valence electrons. The average molecular weight is 467 g/mol. The maximum atomic E-state index is 12.9. The molecule has 3 rings (SSSR count). The third kappa shape index (κ3) is 7.88. The molecule has 0 spiro atoms. The van der Waals surface area contributed by atoms with Crippen LogP contribution in [0.3, 0.4) is 0 Å². The van der Waals surface area contributed by atoms with E-state index in [1.165, 1.54) is 12.1 Å². The van der Waals surface area contributed by atoms with Crippen molar-refractivity contribution >= 4 is 36.2 Å². The molecule has 1 aromatic rings. The van der Waals surface area contributed by atoms with Gasteiger partial charge in [0, 0.05) is 13.1 Å². The van der Waals surface area contributed by atoms with E-state index in [2.05, 4.69) is 15.9 Å². The Bertz CT molecular complexity index is 717. The molecule has 1 aromatic carbocycles. The van der Waals surface area contributed by atoms with Crippen LogP contribution in [-0.4, -0.2) is 54.9 Å². The van der Waals surface area contributed by atoms with Crippen molar-refractivity contribution in [2.45, 2.75) is 38.8 Å². The molecule has 2 aliphatic heterocycles. The zero-order chi connectivity index (χ0) is 20.1. The summed E-state index contributed by atoms with van der Waals surface area (Å²) in [5.41, 5.74) is 1.12. The van der Waals surface area contributed by atoms with E-state index in [0.717, 1.165) is 70.0 Å². The summed E-state index contributed by atoms with van der Waals surface area (Å²) in [4.78, 5) is 15.8. The van der Waals surface area contributed by atoms with E-state index in [9.17, 15) is 18.0 Å². The second-order valence-electron chi connectivity index (χ2n) is 8.07. The Balaban J connectivity index is 0.00000225. The number of ketones is 1. The maximum Gasteiger partial charge on any atom is 0.416 e. The van der Waals surface area contributed by atoms with Crippen LogP contribution in [0.25, 0.3) is 5.57 Å². The Morgan fingerprint density at radius 2 is 1.80 bits per heavy atom. The summed E-state index contributed by atoms with van der Waals surface area (Å²) < 4.78 is 38.7. The van der Waals surface area contributed by atoms with Crippen LogP contribution in [0.15, 0.2) is 30.3 Å². The Morgan fingerprint density at radius 1 is 1.10 bits per heavy atom. The van der Waals surface area contributed by atoms with E-state index < -0.39 is 11.7 Å². The summed E-state index contributed by atoms with van der Waals surface area (Å²) in [6.45, 7) is 6.95. The molecule has 0 amide bonds. The van der Waals surface area contributed by atoms with Gasteiger partial charge in [-0.05, 0) is 81.4 Å². The van der Waals surface area contributed by atoms with Gasteiger partial charge in [-0.2, -0.15) is 13.2 Å². The van der Waals surface area contributed by atoms with Gasteiger partial charge in [0.25, 0.3) is 0 Å². The third-order valence-corrected chi connectivity index (χ3v) is 5.86. The fraction of sp³-hybridized carbons (Fsp3) is 0.591. The molecule has 0 unspecified atom stereocenters. The molecule has 0 aromatic heterocycles. The summed E-state index contributed by atoms with van der Waals surface area (Å²) in [6, 6.07) is 5.65. The van der Waals surface area contributed by atoms with Crippen LogP contribution >= 0.6 is 24.8 Å². The molecule has 0 radical (unpaired) electrons. The van der Waals surface area contributed by atoms with Gasteiger partial charge < -0.3 is 0 Å². The highest BCUT2D eigenvalue weighted by Gasteiger charge is 2.30. The summed E-state index contributed by atoms with van der Waals surface area (Å²) >= 11 is 0. The van der Waals surface area contributed by atoms with Crippen molar-refractivity contribution in [3.8, 4) is 0 Å². The number of hydrogen-bond donors (Lipinski definition) is 0. The lowest BCUT2D eigenvalue weighted by Gasteiger charge is -2.33. The predicted molar refractivity (Wildman–Crippen MR) is 119 cm³/mol. The van der Waals surface area contributed by atoms with Gasteiger partial charge in [0.2, 0.25) is 0 Å². The van der Waals surface area contributed by atoms with Crippen molar-refractivity contribution in [1.29, 1.82) is 0 Å². The third-order valence-electron chi connectivity index (χ3n) is 5.86. The smallest absolute Gasteiger partial charge is 0.299 e. The number of alkyl halides is 3. The summed E-state index contributed by atoms with van der Waals surface area (Å²) in [6.07, 6.45) is 2.02. The first kappa shape index (κ1) is 27.0. The number of halogens is 5. The van der Waals surface area contributed by atoms with Crippen molar-refractivity contribution in [3.05, 3.63) is 41.5 Å². The fourth-order valence-corrected chi connectivity index (χ4v) is 4.19. The lowest BCUT2D eigenvalue weighted by atomic mass is 9.92. The number of Topliss-reactive ketones (excluding diaryl/α,β-unsaturated/α-hetero) is 1. The van der Waals surface area contributed by atoms with Gasteiger partial charge in [-0.15, -0.1) is 24.8 Å². The van der Waals surface area contributed by atoms with Crippen LogP contribution in [0.4, 0.5) is 13.2 Å². The average Bonchev–Trinajstić information content (AvgIpc) is 2.67. The number of carbonyl (C=O) groups is 1. The molecule has 0 atom stereocenters. The first-order chi connectivity index (χ1) is 13.3. The Kier molecular flexibility index (Phi) is 10.9. The minimum Gasteiger partial charge on any atom is -0.299 e. The highest BCUT2D eigenvalue weighted by molar-refractivity contribution is 5.85. The van der Waals surface area contributed by atoms with E-state index in [4.69, 9.17) is 0 Å². The second-order valence-corrected chi connectivity index (χ2v) is 8.07. The zero-order valence-corrected chi connectivity index (χ0v) is 18.9. The maximum absolute atomic E-state index is 12.9. The lowest BCUT2D eigenvalue weighted by molar-refractivity contribution is -0.137. The van der Waals surface area contributed by atoms with Gasteiger partial charge in [-0.25, -0.2) is 0 Å². The van der Waals surface area contributed by atoms with Gasteiger partial charge in [0.05, 0.1) is 12.1 Å². The molecule has 8 heteroatoms. The van der Waals surface area contributed by atoms with Gasteiger partial charge in [-0.1, -0.05) is 18.2 Å². The van der Waals surface area contributed by atoms with Crippen molar-refractivity contribution in [2.24, 2.45) is 5.92 Å². The van der Waals surface area contributed by atoms with Crippen molar-refractivity contribution in [3.63, 3.8) is 0 Å². The predicted octanol–water partition coefficient (Wildman–Crippen LogP) is 5.33. The Hall–Kier alpha value is -1.08.